The number of guanidine groups is 1. The molecule has 0 atom stereocenters. The van der Waals surface area contributed by atoms with Crippen LogP contribution in [0.4, 0.5) is 5.69 Å². The van der Waals surface area contributed by atoms with Crippen molar-refractivity contribution in [1.29, 1.82) is 0 Å². The fourth-order valence-electron chi connectivity index (χ4n) is 1.93. The van der Waals surface area contributed by atoms with Crippen molar-refractivity contribution in [2.75, 3.05) is 52.0 Å². The van der Waals surface area contributed by atoms with Crippen LogP contribution in [-0.4, -0.2) is 61.1 Å². The normalized spacial score (nSPS) is 11.6. The number of methoxy groups -OCH3 is 1. The van der Waals surface area contributed by atoms with E-state index >= 15 is 0 Å². The summed E-state index contributed by atoms with van der Waals surface area (Å²) >= 11 is 0. The van der Waals surface area contributed by atoms with Crippen LogP contribution in [-0.2, 0) is 14.8 Å². The van der Waals surface area contributed by atoms with Crippen molar-refractivity contribution in [2.24, 2.45) is 4.99 Å². The maximum absolute atomic E-state index is 11.0. The standard InChI is InChI=1S/C16H28N4O4S.HI/c1-17-16(18-9-5-10-19-25(3,21)22)20-14-7-4-8-15(13-14)24-12-6-11-23-2;/h4,7-8,13,19H,5-6,9-12H2,1-3H3,(H2,17,18,20);1H. The van der Waals surface area contributed by atoms with Crippen LogP contribution in [0.2, 0.25) is 0 Å². The highest BCUT2D eigenvalue weighted by atomic mass is 127. The van der Waals surface area contributed by atoms with Crippen LogP contribution in [0.25, 0.3) is 0 Å². The van der Waals surface area contributed by atoms with Gasteiger partial charge in [-0.3, -0.25) is 4.99 Å². The first kappa shape index (κ1) is 24.9. The van der Waals surface area contributed by atoms with Gasteiger partial charge in [0.1, 0.15) is 5.75 Å². The van der Waals surface area contributed by atoms with E-state index in [1.807, 2.05) is 24.3 Å². The Balaban J connectivity index is 0.00000625. The lowest BCUT2D eigenvalue weighted by Gasteiger charge is -2.13. The predicted octanol–water partition coefficient (Wildman–Crippen LogP) is 1.65. The average molecular weight is 500 g/mol. The van der Waals surface area contributed by atoms with E-state index in [4.69, 9.17) is 9.47 Å². The summed E-state index contributed by atoms with van der Waals surface area (Å²) in [6.45, 7) is 2.24. The highest BCUT2D eigenvalue weighted by Crippen LogP contribution is 2.17. The molecule has 3 N–H and O–H groups in total. The number of hydrogen-bond acceptors (Lipinski definition) is 5. The van der Waals surface area contributed by atoms with Gasteiger partial charge in [-0.2, -0.15) is 0 Å². The molecule has 0 amide bonds. The molecule has 8 nitrogen and oxygen atoms in total. The summed E-state index contributed by atoms with van der Waals surface area (Å²) in [5.74, 6) is 1.38. The molecule has 0 aliphatic heterocycles. The molecule has 0 aliphatic carbocycles. The van der Waals surface area contributed by atoms with E-state index in [1.165, 1.54) is 0 Å². The lowest BCUT2D eigenvalue weighted by atomic mass is 10.3. The molecule has 1 aromatic carbocycles. The minimum atomic E-state index is -3.14. The number of nitrogens with one attached hydrogen (secondary N) is 3. The first-order valence-electron chi connectivity index (χ1n) is 8.08. The lowest BCUT2D eigenvalue weighted by Crippen LogP contribution is -2.33. The maximum Gasteiger partial charge on any atom is 0.208 e. The second kappa shape index (κ2) is 14.0. The number of nitrogens with zero attached hydrogens (tertiary/aromatic N) is 1. The Kier molecular flexibility index (Phi) is 13.4. The van der Waals surface area contributed by atoms with Crippen molar-refractivity contribution in [3.05, 3.63) is 24.3 Å². The average Bonchev–Trinajstić information content (AvgIpc) is 2.57. The molecule has 26 heavy (non-hydrogen) atoms. The topological polar surface area (TPSA) is 101 Å². The van der Waals surface area contributed by atoms with Gasteiger partial charge in [0, 0.05) is 52.0 Å². The zero-order valence-electron chi connectivity index (χ0n) is 15.4. The van der Waals surface area contributed by atoms with Crippen LogP contribution < -0.4 is 20.1 Å². The van der Waals surface area contributed by atoms with E-state index in [9.17, 15) is 8.42 Å². The summed E-state index contributed by atoms with van der Waals surface area (Å²) in [4.78, 5) is 4.14. The molecule has 0 bridgehead atoms. The molecular weight excluding hydrogens is 471 g/mol. The molecular formula is C16H29IN4O4S. The minimum Gasteiger partial charge on any atom is -0.493 e. The van der Waals surface area contributed by atoms with Crippen molar-refractivity contribution < 1.29 is 17.9 Å². The number of hydrogen-bond donors (Lipinski definition) is 3. The SMILES string of the molecule is CN=C(NCCCNS(C)(=O)=O)Nc1cccc(OCCCOC)c1.I. The Bertz CT molecular complexity index is 641. The van der Waals surface area contributed by atoms with Crippen LogP contribution in [0.5, 0.6) is 5.75 Å². The summed E-state index contributed by atoms with van der Waals surface area (Å²) in [6.07, 6.45) is 2.63. The number of anilines is 1. The van der Waals surface area contributed by atoms with Crippen LogP contribution in [0.3, 0.4) is 0 Å². The Hall–Kier alpha value is -1.11. The van der Waals surface area contributed by atoms with Crippen LogP contribution in [0, 0.1) is 0 Å². The van der Waals surface area contributed by atoms with Crippen molar-refractivity contribution >= 4 is 45.6 Å². The molecule has 0 saturated carbocycles. The van der Waals surface area contributed by atoms with E-state index in [2.05, 4.69) is 20.3 Å². The first-order valence-corrected chi connectivity index (χ1v) is 9.98. The fourth-order valence-corrected chi connectivity index (χ4v) is 2.44. The van der Waals surface area contributed by atoms with Crippen LogP contribution in [0.1, 0.15) is 12.8 Å². The summed E-state index contributed by atoms with van der Waals surface area (Å²) in [5.41, 5.74) is 0.853. The van der Waals surface area contributed by atoms with Gasteiger partial charge < -0.3 is 20.1 Å². The number of rotatable bonds is 11. The van der Waals surface area contributed by atoms with Gasteiger partial charge >= 0.3 is 0 Å². The van der Waals surface area contributed by atoms with Gasteiger partial charge in [-0.05, 0) is 18.6 Å². The van der Waals surface area contributed by atoms with E-state index < -0.39 is 10.0 Å². The number of sulfonamides is 1. The zero-order chi connectivity index (χ0) is 18.5. The number of halogens is 1. The van der Waals surface area contributed by atoms with E-state index in [0.717, 1.165) is 24.1 Å². The molecule has 1 aromatic rings. The van der Waals surface area contributed by atoms with E-state index in [1.54, 1.807) is 14.2 Å². The zero-order valence-corrected chi connectivity index (χ0v) is 18.6. The molecule has 0 unspecified atom stereocenters. The number of ether oxygens (including phenoxy) is 2. The third kappa shape index (κ3) is 12.3. The molecule has 1 rings (SSSR count). The number of benzene rings is 1. The molecule has 0 heterocycles. The summed E-state index contributed by atoms with van der Waals surface area (Å²) in [6, 6.07) is 7.60. The quantitative estimate of drug-likeness (QED) is 0.185. The van der Waals surface area contributed by atoms with E-state index in [-0.39, 0.29) is 24.0 Å². The van der Waals surface area contributed by atoms with Crippen molar-refractivity contribution in [3.8, 4) is 5.75 Å². The second-order valence-electron chi connectivity index (χ2n) is 5.37. The van der Waals surface area contributed by atoms with Gasteiger partial charge in [-0.15, -0.1) is 24.0 Å². The third-order valence-corrected chi connectivity index (χ3v) is 3.82. The van der Waals surface area contributed by atoms with Gasteiger partial charge in [0.2, 0.25) is 10.0 Å². The summed E-state index contributed by atoms with van der Waals surface area (Å²) in [5, 5.41) is 6.30. The van der Waals surface area contributed by atoms with E-state index in [0.29, 0.717) is 38.7 Å². The fraction of sp³-hybridized carbons (Fsp3) is 0.562. The lowest BCUT2D eigenvalue weighted by molar-refractivity contribution is 0.172. The van der Waals surface area contributed by atoms with Crippen LogP contribution >= 0.6 is 24.0 Å². The van der Waals surface area contributed by atoms with Gasteiger partial charge in [0.05, 0.1) is 12.9 Å². The molecule has 0 saturated heterocycles. The van der Waals surface area contributed by atoms with Crippen molar-refractivity contribution in [3.63, 3.8) is 0 Å². The highest BCUT2D eigenvalue weighted by molar-refractivity contribution is 14.0. The Morgan fingerprint density at radius 1 is 1.19 bits per heavy atom. The van der Waals surface area contributed by atoms with Gasteiger partial charge in [0.25, 0.3) is 0 Å². The molecule has 0 fully saturated rings. The summed E-state index contributed by atoms with van der Waals surface area (Å²) < 4.78 is 35.1. The third-order valence-electron chi connectivity index (χ3n) is 3.09. The van der Waals surface area contributed by atoms with Crippen LogP contribution in [0.15, 0.2) is 29.3 Å². The monoisotopic (exact) mass is 500 g/mol. The molecule has 150 valence electrons. The Morgan fingerprint density at radius 2 is 1.96 bits per heavy atom. The number of aliphatic imine (C=N–C) groups is 1. The summed E-state index contributed by atoms with van der Waals surface area (Å²) in [7, 11) is 0.202. The minimum absolute atomic E-state index is 0. The van der Waals surface area contributed by atoms with Gasteiger partial charge in [-0.1, -0.05) is 6.07 Å². The van der Waals surface area contributed by atoms with Crippen molar-refractivity contribution in [1.82, 2.24) is 10.0 Å². The predicted molar refractivity (Wildman–Crippen MR) is 116 cm³/mol. The second-order valence-corrected chi connectivity index (χ2v) is 7.20. The Morgan fingerprint density at radius 3 is 2.62 bits per heavy atom. The van der Waals surface area contributed by atoms with Crippen molar-refractivity contribution in [2.45, 2.75) is 12.8 Å². The first-order chi connectivity index (χ1) is 11.9. The highest BCUT2D eigenvalue weighted by Gasteiger charge is 2.02. The molecule has 0 radical (unpaired) electrons. The smallest absolute Gasteiger partial charge is 0.208 e. The van der Waals surface area contributed by atoms with Gasteiger partial charge in [0.15, 0.2) is 5.96 Å². The maximum atomic E-state index is 11.0. The molecule has 0 aromatic heterocycles. The van der Waals surface area contributed by atoms with Gasteiger partial charge in [-0.25, -0.2) is 13.1 Å². The molecule has 0 spiro atoms. The molecule has 0 aliphatic rings. The Labute approximate surface area is 173 Å². The molecule has 10 heteroatoms. The largest absolute Gasteiger partial charge is 0.493 e.